The third kappa shape index (κ3) is 3.00. The molecule has 2 amide bonds. The average molecular weight is 278 g/mol. The molecule has 0 aliphatic carbocycles. The zero-order chi connectivity index (χ0) is 14.9. The van der Waals surface area contributed by atoms with Crippen LogP contribution in [0.15, 0.2) is 6.07 Å². The molecule has 1 aromatic rings. The van der Waals surface area contributed by atoms with Gasteiger partial charge >= 0.3 is 0 Å². The second-order valence-corrected chi connectivity index (χ2v) is 6.24. The Kier molecular flexibility index (Phi) is 3.83. The Balaban J connectivity index is 1.99. The summed E-state index contributed by atoms with van der Waals surface area (Å²) in [6.07, 6.45) is 0.288. The summed E-state index contributed by atoms with van der Waals surface area (Å²) < 4.78 is 0. The Morgan fingerprint density at radius 2 is 2.25 bits per heavy atom. The maximum Gasteiger partial charge on any atom is 0.230 e. The summed E-state index contributed by atoms with van der Waals surface area (Å²) in [6, 6.07) is 1.84. The lowest BCUT2D eigenvalue weighted by Crippen LogP contribution is -2.28. The van der Waals surface area contributed by atoms with E-state index in [1.54, 1.807) is 4.90 Å². The third-order valence-corrected chi connectivity index (χ3v) is 3.60. The summed E-state index contributed by atoms with van der Waals surface area (Å²) >= 11 is 0. The molecule has 1 unspecified atom stereocenters. The first-order valence-electron chi connectivity index (χ1n) is 6.95. The molecule has 2 rings (SSSR count). The molecule has 0 spiro atoms. The number of likely N-dealkylation sites (tertiary alicyclic amines) is 1. The molecule has 20 heavy (non-hydrogen) atoms. The van der Waals surface area contributed by atoms with Gasteiger partial charge in [-0.25, -0.2) is 0 Å². The summed E-state index contributed by atoms with van der Waals surface area (Å²) in [6.45, 7) is 9.28. The SMILES string of the molecule is CCN1CC(C(=O)Nc2cc(C(C)(C)C)[nH]n2)CC1=O. The maximum absolute atomic E-state index is 12.1. The molecule has 2 heterocycles. The number of H-pyrrole nitrogens is 1. The molecule has 1 fully saturated rings. The van der Waals surface area contributed by atoms with Crippen molar-refractivity contribution in [3.63, 3.8) is 0 Å². The van der Waals surface area contributed by atoms with Gasteiger partial charge in [0.05, 0.1) is 5.92 Å². The topological polar surface area (TPSA) is 78.1 Å². The first-order valence-corrected chi connectivity index (χ1v) is 6.95. The number of nitrogens with one attached hydrogen (secondary N) is 2. The Morgan fingerprint density at radius 3 is 2.75 bits per heavy atom. The number of hydrogen-bond donors (Lipinski definition) is 2. The van der Waals surface area contributed by atoms with Gasteiger partial charge in [0.2, 0.25) is 11.8 Å². The second-order valence-electron chi connectivity index (χ2n) is 6.24. The van der Waals surface area contributed by atoms with Crippen LogP contribution >= 0.6 is 0 Å². The van der Waals surface area contributed by atoms with E-state index in [0.717, 1.165) is 5.69 Å². The van der Waals surface area contributed by atoms with Crippen LogP contribution in [0.5, 0.6) is 0 Å². The Hall–Kier alpha value is -1.85. The lowest BCUT2D eigenvalue weighted by molar-refractivity contribution is -0.128. The monoisotopic (exact) mass is 278 g/mol. The third-order valence-electron chi connectivity index (χ3n) is 3.60. The number of aromatic nitrogens is 2. The molecule has 0 saturated carbocycles. The van der Waals surface area contributed by atoms with E-state index in [1.165, 1.54) is 0 Å². The van der Waals surface area contributed by atoms with Crippen molar-refractivity contribution in [1.82, 2.24) is 15.1 Å². The fourth-order valence-corrected chi connectivity index (χ4v) is 2.25. The summed E-state index contributed by atoms with van der Waals surface area (Å²) in [5.41, 5.74) is 0.920. The van der Waals surface area contributed by atoms with Gasteiger partial charge in [-0.1, -0.05) is 20.8 Å². The largest absolute Gasteiger partial charge is 0.342 e. The first-order chi connectivity index (χ1) is 9.31. The van der Waals surface area contributed by atoms with Crippen molar-refractivity contribution in [2.24, 2.45) is 5.92 Å². The number of rotatable bonds is 3. The molecule has 1 saturated heterocycles. The van der Waals surface area contributed by atoms with Gasteiger partial charge in [-0.15, -0.1) is 0 Å². The lowest BCUT2D eigenvalue weighted by atomic mass is 9.92. The highest BCUT2D eigenvalue weighted by Crippen LogP contribution is 2.23. The van der Waals surface area contributed by atoms with Gasteiger partial charge in [-0.05, 0) is 6.92 Å². The minimum absolute atomic E-state index is 0.0433. The molecule has 1 aliphatic rings. The number of amides is 2. The van der Waals surface area contributed by atoms with E-state index in [4.69, 9.17) is 0 Å². The summed E-state index contributed by atoms with van der Waals surface area (Å²) in [5.74, 6) is 0.144. The Labute approximate surface area is 118 Å². The Morgan fingerprint density at radius 1 is 1.55 bits per heavy atom. The first kappa shape index (κ1) is 14.6. The van der Waals surface area contributed by atoms with Crippen molar-refractivity contribution >= 4 is 17.6 Å². The predicted molar refractivity (Wildman–Crippen MR) is 76.3 cm³/mol. The zero-order valence-electron chi connectivity index (χ0n) is 12.5. The highest BCUT2D eigenvalue weighted by Gasteiger charge is 2.33. The van der Waals surface area contributed by atoms with E-state index in [-0.39, 0.29) is 29.6 Å². The average Bonchev–Trinajstić information content (AvgIpc) is 2.95. The minimum Gasteiger partial charge on any atom is -0.342 e. The van der Waals surface area contributed by atoms with Crippen molar-refractivity contribution < 1.29 is 9.59 Å². The molecular formula is C14H22N4O2. The van der Waals surface area contributed by atoms with E-state index in [9.17, 15) is 9.59 Å². The molecule has 0 radical (unpaired) electrons. The number of aromatic amines is 1. The van der Waals surface area contributed by atoms with Gasteiger partial charge in [0.1, 0.15) is 0 Å². The normalized spacial score (nSPS) is 19.5. The van der Waals surface area contributed by atoms with E-state index < -0.39 is 0 Å². The van der Waals surface area contributed by atoms with Crippen LogP contribution in [-0.2, 0) is 15.0 Å². The fourth-order valence-electron chi connectivity index (χ4n) is 2.25. The van der Waals surface area contributed by atoms with Gasteiger partial charge in [0.15, 0.2) is 5.82 Å². The molecule has 1 atom stereocenters. The molecule has 6 nitrogen and oxygen atoms in total. The van der Waals surface area contributed by atoms with Crippen LogP contribution in [0.25, 0.3) is 0 Å². The van der Waals surface area contributed by atoms with E-state index in [2.05, 4.69) is 36.3 Å². The molecule has 0 aromatic carbocycles. The lowest BCUT2D eigenvalue weighted by Gasteiger charge is -2.14. The fraction of sp³-hybridized carbons (Fsp3) is 0.643. The van der Waals surface area contributed by atoms with Crippen molar-refractivity contribution in [3.05, 3.63) is 11.8 Å². The molecule has 0 bridgehead atoms. The quantitative estimate of drug-likeness (QED) is 0.879. The van der Waals surface area contributed by atoms with Gasteiger partial charge in [-0.2, -0.15) is 5.10 Å². The van der Waals surface area contributed by atoms with Crippen LogP contribution < -0.4 is 5.32 Å². The summed E-state index contributed by atoms with van der Waals surface area (Å²) in [7, 11) is 0. The maximum atomic E-state index is 12.1. The smallest absolute Gasteiger partial charge is 0.230 e. The van der Waals surface area contributed by atoms with Crippen molar-refractivity contribution in [2.45, 2.75) is 39.5 Å². The van der Waals surface area contributed by atoms with Crippen molar-refractivity contribution in [3.8, 4) is 0 Å². The Bertz CT molecular complexity index is 515. The summed E-state index contributed by atoms with van der Waals surface area (Å²) in [4.78, 5) is 25.5. The number of hydrogen-bond acceptors (Lipinski definition) is 3. The molecule has 1 aliphatic heterocycles. The van der Waals surface area contributed by atoms with Gasteiger partial charge in [0, 0.05) is 36.7 Å². The molecule has 1 aromatic heterocycles. The number of anilines is 1. The molecule has 6 heteroatoms. The van der Waals surface area contributed by atoms with E-state index >= 15 is 0 Å². The van der Waals surface area contributed by atoms with Crippen LogP contribution in [-0.4, -0.2) is 40.0 Å². The minimum atomic E-state index is -0.280. The van der Waals surface area contributed by atoms with Crippen LogP contribution in [0.4, 0.5) is 5.82 Å². The summed E-state index contributed by atoms with van der Waals surface area (Å²) in [5, 5.41) is 9.81. The van der Waals surface area contributed by atoms with E-state index in [0.29, 0.717) is 18.9 Å². The van der Waals surface area contributed by atoms with Crippen LogP contribution in [0, 0.1) is 5.92 Å². The van der Waals surface area contributed by atoms with Crippen molar-refractivity contribution in [2.75, 3.05) is 18.4 Å². The highest BCUT2D eigenvalue weighted by atomic mass is 16.2. The van der Waals surface area contributed by atoms with Gasteiger partial charge < -0.3 is 10.2 Å². The van der Waals surface area contributed by atoms with Crippen LogP contribution in [0.1, 0.15) is 39.8 Å². The van der Waals surface area contributed by atoms with Gasteiger partial charge in [0.25, 0.3) is 0 Å². The number of carbonyl (C=O) groups is 2. The standard InChI is InChI=1S/C14H22N4O2/c1-5-18-8-9(6-12(18)19)13(20)15-11-7-10(16-17-11)14(2,3)4/h7,9H,5-6,8H2,1-4H3,(H2,15,16,17,20). The molecule has 2 N–H and O–H groups in total. The van der Waals surface area contributed by atoms with Gasteiger partial charge in [-0.3, -0.25) is 14.7 Å². The predicted octanol–water partition coefficient (Wildman–Crippen LogP) is 1.51. The second kappa shape index (κ2) is 5.26. The zero-order valence-corrected chi connectivity index (χ0v) is 12.5. The highest BCUT2D eigenvalue weighted by molar-refractivity contribution is 5.96. The molecule has 110 valence electrons. The van der Waals surface area contributed by atoms with E-state index in [1.807, 2.05) is 13.0 Å². The van der Waals surface area contributed by atoms with Crippen LogP contribution in [0.3, 0.4) is 0 Å². The number of carbonyl (C=O) groups excluding carboxylic acids is 2. The van der Waals surface area contributed by atoms with Crippen LogP contribution in [0.2, 0.25) is 0 Å². The molecular weight excluding hydrogens is 256 g/mol. The van der Waals surface area contributed by atoms with Crippen molar-refractivity contribution in [1.29, 1.82) is 0 Å². The number of nitrogens with zero attached hydrogens (tertiary/aromatic N) is 2.